The highest BCUT2D eigenvalue weighted by atomic mass is 16.8. The summed E-state index contributed by atoms with van der Waals surface area (Å²) in [5.41, 5.74) is 1.66. The van der Waals surface area contributed by atoms with Crippen molar-refractivity contribution in [2.24, 2.45) is 0 Å². The topological polar surface area (TPSA) is 74.2 Å². The van der Waals surface area contributed by atoms with E-state index >= 15 is 0 Å². The van der Waals surface area contributed by atoms with Crippen LogP contribution in [-0.4, -0.2) is 36.4 Å². The fraction of sp³-hybridized carbons (Fsp3) is 0.316. The van der Waals surface area contributed by atoms with E-state index < -0.39 is 17.5 Å². The molecule has 1 aliphatic heterocycles. The van der Waals surface area contributed by atoms with Crippen LogP contribution >= 0.6 is 0 Å². The molecule has 2 aromatic carbocycles. The van der Waals surface area contributed by atoms with E-state index in [9.17, 15) is 9.90 Å². The molecular weight excluding hydrogens is 324 g/mol. The Balaban J connectivity index is 1.77. The van der Waals surface area contributed by atoms with Crippen molar-refractivity contribution in [3.8, 4) is 0 Å². The molecular formula is C19H20O6. The minimum absolute atomic E-state index is 0.0563. The fourth-order valence-electron chi connectivity index (χ4n) is 2.66. The second kappa shape index (κ2) is 7.33. The highest BCUT2D eigenvalue weighted by Crippen LogP contribution is 2.37. The number of rotatable bonds is 7. The zero-order valence-corrected chi connectivity index (χ0v) is 13.9. The van der Waals surface area contributed by atoms with E-state index in [0.29, 0.717) is 0 Å². The Kier molecular flexibility index (Phi) is 5.15. The van der Waals surface area contributed by atoms with Gasteiger partial charge in [-0.05, 0) is 11.1 Å². The van der Waals surface area contributed by atoms with Crippen LogP contribution in [0.4, 0.5) is 0 Å². The minimum Gasteiger partial charge on any atom is -0.456 e. The van der Waals surface area contributed by atoms with E-state index in [1.54, 1.807) is 0 Å². The monoisotopic (exact) mass is 344 g/mol. The molecule has 132 valence electrons. The number of hydrogen-bond donors (Lipinski definition) is 1. The van der Waals surface area contributed by atoms with Gasteiger partial charge in [-0.2, -0.15) is 0 Å². The summed E-state index contributed by atoms with van der Waals surface area (Å²) in [6, 6.07) is 18.5. The Hall–Kier alpha value is -2.25. The molecule has 1 N–H and O–H groups in total. The van der Waals surface area contributed by atoms with Crippen molar-refractivity contribution in [1.82, 2.24) is 0 Å². The first-order chi connectivity index (χ1) is 12.1. The lowest BCUT2D eigenvalue weighted by molar-refractivity contribution is -0.364. The summed E-state index contributed by atoms with van der Waals surface area (Å²) in [6.07, 6.45) is 0. The Morgan fingerprint density at radius 1 is 0.960 bits per heavy atom. The first-order valence-corrected chi connectivity index (χ1v) is 7.90. The third-order valence-electron chi connectivity index (χ3n) is 4.07. The summed E-state index contributed by atoms with van der Waals surface area (Å²) in [5.74, 6) is -4.91. The molecule has 1 saturated heterocycles. The van der Waals surface area contributed by atoms with Gasteiger partial charge in [-0.3, -0.25) is 0 Å². The van der Waals surface area contributed by atoms with Gasteiger partial charge < -0.3 is 24.1 Å². The maximum Gasteiger partial charge on any atom is 0.373 e. The predicted octanol–water partition coefficient (Wildman–Crippen LogP) is 2.01. The molecule has 1 aliphatic rings. The van der Waals surface area contributed by atoms with Crippen LogP contribution in [0.5, 0.6) is 0 Å². The molecule has 0 radical (unpaired) electrons. The van der Waals surface area contributed by atoms with Gasteiger partial charge >= 0.3 is 11.8 Å². The molecule has 2 aromatic rings. The van der Waals surface area contributed by atoms with Crippen LogP contribution in [0.1, 0.15) is 11.1 Å². The Morgan fingerprint density at radius 2 is 1.48 bits per heavy atom. The SMILES string of the molecule is CO[C@@]1(OCc2ccccc2)C(=O)OC[C@]1(O)OCc1ccccc1. The van der Waals surface area contributed by atoms with Crippen LogP contribution in [0.2, 0.25) is 0 Å². The second-order valence-electron chi connectivity index (χ2n) is 5.73. The third kappa shape index (κ3) is 3.43. The molecule has 0 unspecified atom stereocenters. The number of hydrogen-bond acceptors (Lipinski definition) is 6. The Labute approximate surface area is 145 Å². The molecule has 6 nitrogen and oxygen atoms in total. The minimum atomic E-state index is -2.05. The van der Waals surface area contributed by atoms with Gasteiger partial charge in [0, 0.05) is 7.11 Å². The number of benzene rings is 2. The van der Waals surface area contributed by atoms with Gasteiger partial charge in [-0.15, -0.1) is 0 Å². The van der Waals surface area contributed by atoms with Gasteiger partial charge in [0.25, 0.3) is 5.79 Å². The van der Waals surface area contributed by atoms with Crippen molar-refractivity contribution < 1.29 is 28.8 Å². The number of esters is 1. The van der Waals surface area contributed by atoms with Crippen molar-refractivity contribution >= 4 is 5.97 Å². The molecule has 25 heavy (non-hydrogen) atoms. The van der Waals surface area contributed by atoms with Crippen LogP contribution in [0.25, 0.3) is 0 Å². The first-order valence-electron chi connectivity index (χ1n) is 7.90. The molecule has 0 amide bonds. The van der Waals surface area contributed by atoms with Gasteiger partial charge in [-0.25, -0.2) is 4.79 Å². The van der Waals surface area contributed by atoms with E-state index in [4.69, 9.17) is 18.9 Å². The molecule has 0 bridgehead atoms. The van der Waals surface area contributed by atoms with E-state index in [1.165, 1.54) is 7.11 Å². The highest BCUT2D eigenvalue weighted by molar-refractivity contribution is 5.81. The maximum atomic E-state index is 12.3. The van der Waals surface area contributed by atoms with E-state index in [0.717, 1.165) is 11.1 Å². The summed E-state index contributed by atoms with van der Waals surface area (Å²) in [4.78, 5) is 12.3. The predicted molar refractivity (Wildman–Crippen MR) is 88.1 cm³/mol. The lowest BCUT2D eigenvalue weighted by atomic mass is 10.1. The number of ether oxygens (including phenoxy) is 4. The smallest absolute Gasteiger partial charge is 0.373 e. The molecule has 0 saturated carbocycles. The highest BCUT2D eigenvalue weighted by Gasteiger charge is 2.67. The number of cyclic esters (lactones) is 1. The van der Waals surface area contributed by atoms with Crippen LogP contribution in [-0.2, 0) is 37.0 Å². The largest absolute Gasteiger partial charge is 0.456 e. The third-order valence-corrected chi connectivity index (χ3v) is 4.07. The summed E-state index contributed by atoms with van der Waals surface area (Å²) in [7, 11) is 1.27. The van der Waals surface area contributed by atoms with Crippen LogP contribution in [0.15, 0.2) is 60.7 Å². The molecule has 6 heteroatoms. The van der Waals surface area contributed by atoms with Gasteiger partial charge in [0.2, 0.25) is 0 Å². The molecule has 2 atom stereocenters. The van der Waals surface area contributed by atoms with Crippen molar-refractivity contribution in [3.63, 3.8) is 0 Å². The summed E-state index contributed by atoms with van der Waals surface area (Å²) >= 11 is 0. The molecule has 0 aliphatic carbocycles. The quantitative estimate of drug-likeness (QED) is 0.612. The Morgan fingerprint density at radius 3 is 2.00 bits per heavy atom. The molecule has 0 aromatic heterocycles. The standard InChI is InChI=1S/C19H20O6/c1-22-19(25-13-16-10-6-3-7-11-16)17(20)23-14-18(19,21)24-12-15-8-4-2-5-9-15/h2-11,21H,12-14H2,1H3/t18-,19+/m0/s1. The van der Waals surface area contributed by atoms with Gasteiger partial charge in [0.05, 0.1) is 13.2 Å². The number of carbonyl (C=O) groups excluding carboxylic acids is 1. The molecule has 1 fully saturated rings. The lowest BCUT2D eigenvalue weighted by Gasteiger charge is -2.35. The van der Waals surface area contributed by atoms with Crippen molar-refractivity contribution in [2.75, 3.05) is 13.7 Å². The zero-order chi connectivity index (χ0) is 17.8. The van der Waals surface area contributed by atoms with E-state index in [1.807, 2.05) is 60.7 Å². The van der Waals surface area contributed by atoms with Crippen molar-refractivity contribution in [1.29, 1.82) is 0 Å². The average molecular weight is 344 g/mol. The van der Waals surface area contributed by atoms with Gasteiger partial charge in [0.15, 0.2) is 6.61 Å². The number of carbonyl (C=O) groups is 1. The first kappa shape index (κ1) is 17.6. The molecule has 0 spiro atoms. The zero-order valence-electron chi connectivity index (χ0n) is 13.9. The van der Waals surface area contributed by atoms with Crippen molar-refractivity contribution in [3.05, 3.63) is 71.8 Å². The Bertz CT molecular complexity index is 704. The van der Waals surface area contributed by atoms with Crippen LogP contribution in [0.3, 0.4) is 0 Å². The average Bonchev–Trinajstić information content (AvgIpc) is 2.91. The van der Waals surface area contributed by atoms with E-state index in [-0.39, 0.29) is 19.8 Å². The number of methoxy groups -OCH3 is 1. The normalized spacial score (nSPS) is 25.8. The summed E-state index contributed by atoms with van der Waals surface area (Å²) in [6.45, 7) is -0.240. The summed E-state index contributed by atoms with van der Waals surface area (Å²) in [5, 5.41) is 10.9. The van der Waals surface area contributed by atoms with E-state index in [2.05, 4.69) is 0 Å². The van der Waals surface area contributed by atoms with Crippen molar-refractivity contribution in [2.45, 2.75) is 24.8 Å². The van der Waals surface area contributed by atoms with Gasteiger partial charge in [-0.1, -0.05) is 60.7 Å². The number of aliphatic hydroxyl groups is 1. The lowest BCUT2D eigenvalue weighted by Crippen LogP contribution is -2.59. The van der Waals surface area contributed by atoms with Gasteiger partial charge in [0.1, 0.15) is 0 Å². The molecule has 1 heterocycles. The molecule has 3 rings (SSSR count). The van der Waals surface area contributed by atoms with Crippen LogP contribution < -0.4 is 0 Å². The van der Waals surface area contributed by atoms with Crippen LogP contribution in [0, 0.1) is 0 Å². The fourth-order valence-corrected chi connectivity index (χ4v) is 2.66. The summed E-state index contributed by atoms with van der Waals surface area (Å²) < 4.78 is 21.5. The second-order valence-corrected chi connectivity index (χ2v) is 5.73. The maximum absolute atomic E-state index is 12.3.